The number of carbonyl (C=O) groups excluding carboxylic acids is 1. The summed E-state index contributed by atoms with van der Waals surface area (Å²) in [4.78, 5) is 23.8. The molecule has 0 saturated carbocycles. The number of anilines is 1. The standard InChI is InChI=1S/C23H25N3O4S2/c1-31-19-3-2-4-20-21(19)24-23(32-20)26(8-7-25-9-11-28-12-10-25)22(27)16-5-6-17-18(15-16)30-14-13-29-17/h2-6,15H,7-14H2,1H3. The van der Waals surface area contributed by atoms with Gasteiger partial charge in [0.2, 0.25) is 0 Å². The third-order valence-electron chi connectivity index (χ3n) is 5.60. The van der Waals surface area contributed by atoms with Crippen LogP contribution in [0.4, 0.5) is 5.13 Å². The first-order valence-electron chi connectivity index (χ1n) is 10.7. The SMILES string of the molecule is CSc1cccc2sc(N(CCN3CCOCC3)C(=O)c3ccc4c(c3)OCCO4)nc12. The predicted molar refractivity (Wildman–Crippen MR) is 128 cm³/mol. The van der Waals surface area contributed by atoms with Gasteiger partial charge in [-0.3, -0.25) is 14.6 Å². The highest BCUT2D eigenvalue weighted by atomic mass is 32.2. The lowest BCUT2D eigenvalue weighted by Gasteiger charge is -2.29. The Bertz CT molecular complexity index is 1110. The molecule has 32 heavy (non-hydrogen) atoms. The van der Waals surface area contributed by atoms with Crippen LogP contribution < -0.4 is 14.4 Å². The summed E-state index contributed by atoms with van der Waals surface area (Å²) in [5.74, 6) is 1.21. The van der Waals surface area contributed by atoms with Crippen LogP contribution in [0.5, 0.6) is 11.5 Å². The van der Waals surface area contributed by atoms with E-state index in [1.54, 1.807) is 40.1 Å². The number of hydrogen-bond donors (Lipinski definition) is 0. The number of rotatable bonds is 6. The summed E-state index contributed by atoms with van der Waals surface area (Å²) in [7, 11) is 0. The second-order valence-electron chi connectivity index (χ2n) is 7.57. The van der Waals surface area contributed by atoms with Gasteiger partial charge in [-0.25, -0.2) is 4.98 Å². The van der Waals surface area contributed by atoms with Crippen LogP contribution in [0, 0.1) is 0 Å². The van der Waals surface area contributed by atoms with Crippen LogP contribution in [0.3, 0.4) is 0 Å². The molecule has 0 unspecified atom stereocenters. The molecular weight excluding hydrogens is 446 g/mol. The molecule has 0 radical (unpaired) electrons. The molecular formula is C23H25N3O4S2. The van der Waals surface area contributed by atoms with Crippen molar-refractivity contribution in [2.24, 2.45) is 0 Å². The zero-order chi connectivity index (χ0) is 21.9. The third-order valence-corrected chi connectivity index (χ3v) is 7.41. The number of benzene rings is 2. The minimum atomic E-state index is -0.0833. The van der Waals surface area contributed by atoms with Gasteiger partial charge < -0.3 is 14.2 Å². The highest BCUT2D eigenvalue weighted by molar-refractivity contribution is 7.98. The van der Waals surface area contributed by atoms with Crippen LogP contribution in [0.15, 0.2) is 41.3 Å². The molecule has 3 aromatic rings. The maximum atomic E-state index is 13.7. The predicted octanol–water partition coefficient (Wildman–Crippen LogP) is 3.77. The van der Waals surface area contributed by atoms with Crippen LogP contribution in [-0.4, -0.2) is 74.7 Å². The zero-order valence-electron chi connectivity index (χ0n) is 17.9. The average molecular weight is 472 g/mol. The summed E-state index contributed by atoms with van der Waals surface area (Å²) >= 11 is 3.22. The molecule has 0 atom stereocenters. The molecule has 5 rings (SSSR count). The van der Waals surface area contributed by atoms with E-state index in [9.17, 15) is 4.79 Å². The van der Waals surface area contributed by atoms with Gasteiger partial charge in [-0.05, 0) is 36.6 Å². The second kappa shape index (κ2) is 9.66. The van der Waals surface area contributed by atoms with E-state index in [0.717, 1.165) is 53.1 Å². The number of nitrogens with zero attached hydrogens (tertiary/aromatic N) is 3. The lowest BCUT2D eigenvalue weighted by molar-refractivity contribution is 0.0391. The highest BCUT2D eigenvalue weighted by Gasteiger charge is 2.25. The first kappa shape index (κ1) is 21.5. The van der Waals surface area contributed by atoms with E-state index < -0.39 is 0 Å². The van der Waals surface area contributed by atoms with Crippen molar-refractivity contribution in [3.05, 3.63) is 42.0 Å². The monoisotopic (exact) mass is 471 g/mol. The highest BCUT2D eigenvalue weighted by Crippen LogP contribution is 2.36. The Balaban J connectivity index is 1.47. The van der Waals surface area contributed by atoms with Crippen molar-refractivity contribution in [1.82, 2.24) is 9.88 Å². The van der Waals surface area contributed by atoms with Crippen molar-refractivity contribution in [2.45, 2.75) is 4.90 Å². The number of aromatic nitrogens is 1. The van der Waals surface area contributed by atoms with Crippen molar-refractivity contribution < 1.29 is 19.0 Å². The molecule has 0 N–H and O–H groups in total. The van der Waals surface area contributed by atoms with E-state index in [4.69, 9.17) is 19.2 Å². The maximum absolute atomic E-state index is 13.7. The molecule has 1 saturated heterocycles. The summed E-state index contributed by atoms with van der Waals surface area (Å²) in [6.07, 6.45) is 2.05. The molecule has 1 aromatic heterocycles. The number of morpholine rings is 1. The molecule has 3 heterocycles. The van der Waals surface area contributed by atoms with Gasteiger partial charge in [-0.15, -0.1) is 11.8 Å². The van der Waals surface area contributed by atoms with Crippen molar-refractivity contribution in [2.75, 3.05) is 63.8 Å². The Morgan fingerprint density at radius 2 is 1.94 bits per heavy atom. The van der Waals surface area contributed by atoms with Gasteiger partial charge in [-0.2, -0.15) is 0 Å². The Kier molecular flexibility index (Phi) is 6.49. The number of carbonyl (C=O) groups is 1. The molecule has 0 bridgehead atoms. The van der Waals surface area contributed by atoms with Crippen molar-refractivity contribution in [3.8, 4) is 11.5 Å². The minimum absolute atomic E-state index is 0.0833. The van der Waals surface area contributed by atoms with Gasteiger partial charge in [0, 0.05) is 36.6 Å². The van der Waals surface area contributed by atoms with E-state index in [2.05, 4.69) is 17.0 Å². The maximum Gasteiger partial charge on any atom is 0.260 e. The normalized spacial score (nSPS) is 16.3. The molecule has 1 amide bonds. The van der Waals surface area contributed by atoms with Crippen molar-refractivity contribution in [3.63, 3.8) is 0 Å². The molecule has 168 valence electrons. The largest absolute Gasteiger partial charge is 0.486 e. The molecule has 7 nitrogen and oxygen atoms in total. The molecule has 9 heteroatoms. The topological polar surface area (TPSA) is 64.1 Å². The number of thioether (sulfide) groups is 1. The number of thiazole rings is 1. The zero-order valence-corrected chi connectivity index (χ0v) is 19.5. The first-order chi connectivity index (χ1) is 15.7. The Hall–Kier alpha value is -2.33. The summed E-state index contributed by atoms with van der Waals surface area (Å²) in [5, 5.41) is 0.717. The molecule has 1 fully saturated rings. The van der Waals surface area contributed by atoms with Crippen molar-refractivity contribution >= 4 is 44.4 Å². The Morgan fingerprint density at radius 1 is 1.12 bits per heavy atom. The van der Waals surface area contributed by atoms with E-state index in [1.165, 1.54) is 0 Å². The summed E-state index contributed by atoms with van der Waals surface area (Å²) < 4.78 is 17.9. The number of hydrogen-bond acceptors (Lipinski definition) is 8. The van der Waals surface area contributed by atoms with Crippen LogP contribution in [-0.2, 0) is 4.74 Å². The minimum Gasteiger partial charge on any atom is -0.486 e. The third kappa shape index (κ3) is 4.43. The Morgan fingerprint density at radius 3 is 2.75 bits per heavy atom. The van der Waals surface area contributed by atoms with E-state index in [0.29, 0.717) is 36.8 Å². The number of ether oxygens (including phenoxy) is 3. The Labute approximate surface area is 195 Å². The fourth-order valence-corrected chi connectivity index (χ4v) is 5.52. The van der Waals surface area contributed by atoms with Gasteiger partial charge in [0.25, 0.3) is 5.91 Å². The van der Waals surface area contributed by atoms with Crippen LogP contribution in [0.2, 0.25) is 0 Å². The number of fused-ring (bicyclic) bond motifs is 2. The molecule has 2 aliphatic rings. The fraction of sp³-hybridized carbons (Fsp3) is 0.391. The van der Waals surface area contributed by atoms with Gasteiger partial charge >= 0.3 is 0 Å². The first-order valence-corrected chi connectivity index (χ1v) is 12.7. The fourth-order valence-electron chi connectivity index (χ4n) is 3.87. The number of amides is 1. The number of para-hydroxylation sites is 1. The molecule has 2 aromatic carbocycles. The lowest BCUT2D eigenvalue weighted by Crippen LogP contribution is -2.43. The summed E-state index contributed by atoms with van der Waals surface area (Å²) in [5.41, 5.74) is 1.52. The van der Waals surface area contributed by atoms with Crippen LogP contribution >= 0.6 is 23.1 Å². The van der Waals surface area contributed by atoms with Crippen LogP contribution in [0.1, 0.15) is 10.4 Å². The smallest absolute Gasteiger partial charge is 0.260 e. The van der Waals surface area contributed by atoms with Gasteiger partial charge in [-0.1, -0.05) is 17.4 Å². The average Bonchev–Trinajstić information content (AvgIpc) is 3.28. The van der Waals surface area contributed by atoms with Gasteiger partial charge in [0.05, 0.1) is 23.4 Å². The summed E-state index contributed by atoms with van der Waals surface area (Å²) in [6.45, 7) is 5.55. The lowest BCUT2D eigenvalue weighted by atomic mass is 10.1. The second-order valence-corrected chi connectivity index (χ2v) is 9.43. The van der Waals surface area contributed by atoms with Gasteiger partial charge in [0.1, 0.15) is 13.2 Å². The van der Waals surface area contributed by atoms with Gasteiger partial charge in [0.15, 0.2) is 16.6 Å². The molecule has 0 spiro atoms. The quantitative estimate of drug-likeness (QED) is 0.507. The molecule has 2 aliphatic heterocycles. The molecule has 0 aliphatic carbocycles. The van der Waals surface area contributed by atoms with E-state index >= 15 is 0 Å². The van der Waals surface area contributed by atoms with E-state index in [1.807, 2.05) is 18.4 Å². The summed E-state index contributed by atoms with van der Waals surface area (Å²) in [6, 6.07) is 11.6. The van der Waals surface area contributed by atoms with Crippen LogP contribution in [0.25, 0.3) is 10.2 Å². The van der Waals surface area contributed by atoms with Crippen molar-refractivity contribution in [1.29, 1.82) is 0 Å². The van der Waals surface area contributed by atoms with E-state index in [-0.39, 0.29) is 5.91 Å².